The van der Waals surface area contributed by atoms with Crippen LogP contribution >= 0.6 is 0 Å². The second-order valence-electron chi connectivity index (χ2n) is 7.48. The molecule has 0 heterocycles. The minimum Gasteiger partial charge on any atom is -0.398 e. The van der Waals surface area contributed by atoms with E-state index in [1.54, 1.807) is 0 Å². The Morgan fingerprint density at radius 1 is 0.464 bits per heavy atom. The first-order chi connectivity index (χ1) is 13.4. The number of rotatable bonds is 0. The normalized spacial score (nSPS) is 10.9. The summed E-state index contributed by atoms with van der Waals surface area (Å²) in [5, 5.41) is 0. The molecule has 0 radical (unpaired) electrons. The smallest absolute Gasteiger partial charge is 0.0385 e. The predicted molar refractivity (Wildman–Crippen MR) is 120 cm³/mol. The van der Waals surface area contributed by atoms with Gasteiger partial charge in [0.25, 0.3) is 0 Å². The lowest BCUT2D eigenvalue weighted by molar-refractivity contribution is 1.50. The molecule has 138 valence electrons. The van der Waals surface area contributed by atoms with Crippen molar-refractivity contribution < 1.29 is 0 Å². The minimum absolute atomic E-state index is 0.885. The monoisotopic (exact) mass is 364 g/mol. The summed E-state index contributed by atoms with van der Waals surface area (Å²) >= 11 is 0. The van der Waals surface area contributed by atoms with Crippen LogP contribution in [0.15, 0.2) is 48.5 Å². The Kier molecular flexibility index (Phi) is 4.24. The Bertz CT molecular complexity index is 1050. The first kappa shape index (κ1) is 17.9. The van der Waals surface area contributed by atoms with Gasteiger partial charge in [0.1, 0.15) is 0 Å². The van der Waals surface area contributed by atoms with Gasteiger partial charge in [-0.15, -0.1) is 0 Å². The van der Waals surface area contributed by atoms with E-state index in [0.29, 0.717) is 0 Å². The van der Waals surface area contributed by atoms with Crippen molar-refractivity contribution in [3.05, 3.63) is 81.9 Å². The molecule has 0 aliphatic heterocycles. The third kappa shape index (κ3) is 2.77. The molecule has 0 aromatic carbocycles. The minimum atomic E-state index is 0.885. The third-order valence-corrected chi connectivity index (χ3v) is 5.88. The SMILES string of the molecule is Cc1c2ccc(C#Cc3ccc4c(C)c(N)c(C)c-4cc3)ccc-2c(C)c1N. The van der Waals surface area contributed by atoms with Crippen LogP contribution in [0.3, 0.4) is 0 Å². The van der Waals surface area contributed by atoms with Gasteiger partial charge >= 0.3 is 0 Å². The average molecular weight is 364 g/mol. The van der Waals surface area contributed by atoms with E-state index in [0.717, 1.165) is 44.8 Å². The maximum absolute atomic E-state index is 6.17. The number of nitrogens with two attached hydrogens (primary N) is 2. The Hall–Kier alpha value is -3.44. The molecule has 0 amide bonds. The summed E-state index contributed by atoms with van der Waals surface area (Å²) in [6, 6.07) is 16.7. The maximum atomic E-state index is 6.17. The van der Waals surface area contributed by atoms with E-state index >= 15 is 0 Å². The summed E-state index contributed by atoms with van der Waals surface area (Å²) in [6.45, 7) is 8.28. The van der Waals surface area contributed by atoms with Gasteiger partial charge in [0, 0.05) is 22.5 Å². The Morgan fingerprint density at radius 2 is 0.714 bits per heavy atom. The van der Waals surface area contributed by atoms with Gasteiger partial charge in [-0.1, -0.05) is 36.1 Å². The van der Waals surface area contributed by atoms with Gasteiger partial charge in [-0.2, -0.15) is 0 Å². The van der Waals surface area contributed by atoms with Crippen molar-refractivity contribution in [2.75, 3.05) is 11.5 Å². The van der Waals surface area contributed by atoms with Crippen LogP contribution in [0.25, 0.3) is 22.3 Å². The first-order valence-corrected chi connectivity index (χ1v) is 9.47. The number of fused-ring (bicyclic) bond motifs is 2. The van der Waals surface area contributed by atoms with Gasteiger partial charge < -0.3 is 11.5 Å². The number of anilines is 2. The van der Waals surface area contributed by atoms with Gasteiger partial charge in [0.2, 0.25) is 0 Å². The summed E-state index contributed by atoms with van der Waals surface area (Å²) in [6.07, 6.45) is 0. The summed E-state index contributed by atoms with van der Waals surface area (Å²) < 4.78 is 0. The fourth-order valence-corrected chi connectivity index (χ4v) is 3.92. The van der Waals surface area contributed by atoms with Crippen LogP contribution in [0.1, 0.15) is 33.4 Å². The van der Waals surface area contributed by atoms with E-state index in [9.17, 15) is 0 Å². The van der Waals surface area contributed by atoms with Crippen LogP contribution in [0, 0.1) is 39.5 Å². The van der Waals surface area contributed by atoms with E-state index in [-0.39, 0.29) is 0 Å². The van der Waals surface area contributed by atoms with Crippen LogP contribution in [-0.4, -0.2) is 0 Å². The summed E-state index contributed by atoms with van der Waals surface area (Å²) in [5.41, 5.74) is 25.4. The quantitative estimate of drug-likeness (QED) is 0.394. The molecule has 0 spiro atoms. The lowest BCUT2D eigenvalue weighted by Gasteiger charge is -1.93. The topological polar surface area (TPSA) is 52.0 Å². The van der Waals surface area contributed by atoms with Crippen molar-refractivity contribution in [1.29, 1.82) is 0 Å². The van der Waals surface area contributed by atoms with Gasteiger partial charge in [0.15, 0.2) is 0 Å². The molecule has 4 aliphatic carbocycles. The molecule has 0 bridgehead atoms. The van der Waals surface area contributed by atoms with Crippen LogP contribution in [0.4, 0.5) is 11.4 Å². The molecule has 0 atom stereocenters. The number of hydrogen-bond acceptors (Lipinski definition) is 2. The molecule has 4 aliphatic rings. The molecule has 0 aromatic heterocycles. The highest BCUT2D eigenvalue weighted by Crippen LogP contribution is 2.38. The van der Waals surface area contributed by atoms with Crippen molar-refractivity contribution in [2.24, 2.45) is 0 Å². The molecule has 4 N–H and O–H groups in total. The molecule has 0 unspecified atom stereocenters. The Labute approximate surface area is 166 Å². The zero-order chi connectivity index (χ0) is 20.0. The van der Waals surface area contributed by atoms with Crippen LogP contribution < -0.4 is 11.5 Å². The van der Waals surface area contributed by atoms with E-state index in [4.69, 9.17) is 11.5 Å². The molecule has 2 heteroatoms. The number of nitrogen functional groups attached to an aromatic ring is 2. The average Bonchev–Trinajstić information content (AvgIpc) is 2.95. The van der Waals surface area contributed by atoms with Crippen molar-refractivity contribution >= 4 is 11.4 Å². The van der Waals surface area contributed by atoms with Crippen LogP contribution in [-0.2, 0) is 0 Å². The maximum Gasteiger partial charge on any atom is 0.0385 e. The fourth-order valence-electron chi connectivity index (χ4n) is 3.92. The van der Waals surface area contributed by atoms with Crippen molar-refractivity contribution in [1.82, 2.24) is 0 Å². The molecule has 2 nitrogen and oxygen atoms in total. The van der Waals surface area contributed by atoms with Gasteiger partial charge in [0.05, 0.1) is 0 Å². The molecule has 0 saturated carbocycles. The lowest BCUT2D eigenvalue weighted by Crippen LogP contribution is -1.85. The predicted octanol–water partition coefficient (Wildman–Crippen LogP) is 5.69. The Morgan fingerprint density at radius 3 is 0.964 bits per heavy atom. The lowest BCUT2D eigenvalue weighted by atomic mass is 10.1. The van der Waals surface area contributed by atoms with E-state index < -0.39 is 0 Å². The molecule has 0 saturated heterocycles. The molecular formula is C26H24N2. The van der Waals surface area contributed by atoms with Crippen LogP contribution in [0.2, 0.25) is 0 Å². The van der Waals surface area contributed by atoms with E-state index in [1.165, 1.54) is 22.3 Å². The molecular weight excluding hydrogens is 340 g/mol. The van der Waals surface area contributed by atoms with Crippen molar-refractivity contribution in [3.63, 3.8) is 0 Å². The summed E-state index contributed by atoms with van der Waals surface area (Å²) in [4.78, 5) is 0. The second-order valence-corrected chi connectivity index (χ2v) is 7.48. The van der Waals surface area contributed by atoms with Gasteiger partial charge in [-0.25, -0.2) is 0 Å². The number of hydrogen-bond donors (Lipinski definition) is 2. The van der Waals surface area contributed by atoms with Crippen molar-refractivity contribution in [3.8, 4) is 34.1 Å². The molecule has 0 aromatic rings. The van der Waals surface area contributed by atoms with Gasteiger partial charge in [-0.05, 0) is 96.5 Å². The van der Waals surface area contributed by atoms with Crippen molar-refractivity contribution in [2.45, 2.75) is 27.7 Å². The van der Waals surface area contributed by atoms with E-state index in [2.05, 4.69) is 88.1 Å². The Balaban J connectivity index is 1.75. The molecule has 28 heavy (non-hydrogen) atoms. The second kappa shape index (κ2) is 6.62. The third-order valence-electron chi connectivity index (χ3n) is 5.88. The zero-order valence-corrected chi connectivity index (χ0v) is 16.8. The fraction of sp³-hybridized carbons (Fsp3) is 0.154. The first-order valence-electron chi connectivity index (χ1n) is 9.47. The highest BCUT2D eigenvalue weighted by Gasteiger charge is 2.15. The summed E-state index contributed by atoms with van der Waals surface area (Å²) in [7, 11) is 0. The molecule has 4 rings (SSSR count). The molecule has 0 fully saturated rings. The standard InChI is InChI=1S/C26H24N2/c1-15-21-11-7-19(8-12-22(21)16(2)25(15)27)5-6-20-9-13-23-17(3)26(28)18(4)24(23)14-10-20/h7-14H,27-28H2,1-4H3. The van der Waals surface area contributed by atoms with E-state index in [1.807, 2.05) is 0 Å². The van der Waals surface area contributed by atoms with Crippen LogP contribution in [0.5, 0.6) is 0 Å². The highest BCUT2D eigenvalue weighted by atomic mass is 14.6. The highest BCUT2D eigenvalue weighted by molar-refractivity contribution is 5.85. The summed E-state index contributed by atoms with van der Waals surface area (Å²) in [5.74, 6) is 6.59. The zero-order valence-electron chi connectivity index (χ0n) is 16.8. The van der Waals surface area contributed by atoms with Gasteiger partial charge in [-0.3, -0.25) is 0 Å². The largest absolute Gasteiger partial charge is 0.398 e.